The summed E-state index contributed by atoms with van der Waals surface area (Å²) in [4.78, 5) is 26.9. The number of ether oxygens (including phenoxy) is 2. The van der Waals surface area contributed by atoms with Crippen molar-refractivity contribution in [1.82, 2.24) is 10.3 Å². The van der Waals surface area contributed by atoms with Gasteiger partial charge in [0.15, 0.2) is 5.69 Å². The van der Waals surface area contributed by atoms with E-state index >= 15 is 0 Å². The number of amides is 1. The number of esters is 1. The van der Waals surface area contributed by atoms with Gasteiger partial charge >= 0.3 is 12.1 Å². The molecule has 0 aliphatic carbocycles. The van der Waals surface area contributed by atoms with Gasteiger partial charge in [0, 0.05) is 0 Å². The number of pyridine rings is 1. The van der Waals surface area contributed by atoms with Gasteiger partial charge in [-0.1, -0.05) is 11.8 Å². The van der Waals surface area contributed by atoms with Crippen LogP contribution in [-0.4, -0.2) is 36.3 Å². The van der Waals surface area contributed by atoms with Gasteiger partial charge in [-0.15, -0.1) is 0 Å². The minimum absolute atomic E-state index is 0.0345. The summed E-state index contributed by atoms with van der Waals surface area (Å²) in [7, 11) is 1.24. The van der Waals surface area contributed by atoms with Gasteiger partial charge in [-0.05, 0) is 32.9 Å². The SMILES string of the molecule is COC(=O)c1nc(N)ccc1C#CCNC(=O)OC(C)(C)C. The molecule has 0 unspecified atom stereocenters. The van der Waals surface area contributed by atoms with E-state index in [0.29, 0.717) is 5.56 Å². The van der Waals surface area contributed by atoms with Crippen LogP contribution in [0, 0.1) is 11.8 Å². The Morgan fingerprint density at radius 2 is 2.05 bits per heavy atom. The highest BCUT2D eigenvalue weighted by Gasteiger charge is 2.15. The summed E-state index contributed by atoms with van der Waals surface area (Å²) in [5.41, 5.74) is 5.36. The molecule has 0 aliphatic rings. The molecule has 22 heavy (non-hydrogen) atoms. The van der Waals surface area contributed by atoms with Crippen molar-refractivity contribution in [2.24, 2.45) is 0 Å². The zero-order valence-corrected chi connectivity index (χ0v) is 13.0. The minimum atomic E-state index is -0.628. The maximum atomic E-state index is 11.6. The highest BCUT2D eigenvalue weighted by atomic mass is 16.6. The van der Waals surface area contributed by atoms with Crippen molar-refractivity contribution in [2.45, 2.75) is 26.4 Å². The molecule has 1 rings (SSSR count). The molecule has 1 heterocycles. The first kappa shape index (κ1) is 17.3. The summed E-state index contributed by atoms with van der Waals surface area (Å²) < 4.78 is 9.68. The zero-order valence-electron chi connectivity index (χ0n) is 13.0. The van der Waals surface area contributed by atoms with Gasteiger partial charge in [0.1, 0.15) is 11.4 Å². The third kappa shape index (κ3) is 5.71. The molecular formula is C15H19N3O4. The van der Waals surface area contributed by atoms with Gasteiger partial charge in [-0.25, -0.2) is 14.6 Å². The van der Waals surface area contributed by atoms with E-state index in [1.807, 2.05) is 0 Å². The van der Waals surface area contributed by atoms with E-state index in [4.69, 9.17) is 10.5 Å². The van der Waals surface area contributed by atoms with Gasteiger partial charge in [-0.2, -0.15) is 0 Å². The Bertz CT molecular complexity index is 624. The highest BCUT2D eigenvalue weighted by Crippen LogP contribution is 2.09. The summed E-state index contributed by atoms with van der Waals surface area (Å²) in [5, 5.41) is 2.49. The maximum Gasteiger partial charge on any atom is 0.408 e. The monoisotopic (exact) mass is 305 g/mol. The number of nitrogens with zero attached hydrogens (tertiary/aromatic N) is 1. The number of nitrogens with one attached hydrogen (secondary N) is 1. The molecule has 3 N–H and O–H groups in total. The summed E-state index contributed by atoms with van der Waals surface area (Å²) in [6, 6.07) is 3.09. The number of carbonyl (C=O) groups excluding carboxylic acids is 2. The number of nitrogens with two attached hydrogens (primary N) is 1. The van der Waals surface area contributed by atoms with Crippen LogP contribution < -0.4 is 11.1 Å². The normalized spacial score (nSPS) is 10.2. The second kappa shape index (κ2) is 7.31. The molecule has 0 radical (unpaired) electrons. The number of hydrogen-bond acceptors (Lipinski definition) is 6. The Balaban J connectivity index is 2.73. The molecule has 0 aliphatic heterocycles. The largest absolute Gasteiger partial charge is 0.464 e. The van der Waals surface area contributed by atoms with Gasteiger partial charge in [0.05, 0.1) is 19.2 Å². The average Bonchev–Trinajstić information content (AvgIpc) is 2.42. The number of aromatic nitrogens is 1. The lowest BCUT2D eigenvalue weighted by Gasteiger charge is -2.19. The number of alkyl carbamates (subject to hydrolysis) is 1. The number of rotatable bonds is 2. The summed E-state index contributed by atoms with van der Waals surface area (Å²) in [6.07, 6.45) is -0.564. The van der Waals surface area contributed by atoms with Crippen molar-refractivity contribution >= 4 is 17.9 Å². The Morgan fingerprint density at radius 3 is 2.64 bits per heavy atom. The quantitative estimate of drug-likeness (QED) is 0.631. The molecule has 0 spiro atoms. The predicted octanol–water partition coefficient (Wildman–Crippen LogP) is 1.33. The fraction of sp³-hybridized carbons (Fsp3) is 0.400. The minimum Gasteiger partial charge on any atom is -0.464 e. The van der Waals surface area contributed by atoms with Gasteiger partial charge < -0.3 is 20.5 Å². The Hall–Kier alpha value is -2.75. The molecule has 0 saturated heterocycles. The van der Waals surface area contributed by atoms with Crippen LogP contribution >= 0.6 is 0 Å². The van der Waals surface area contributed by atoms with Gasteiger partial charge in [-0.3, -0.25) is 0 Å². The van der Waals surface area contributed by atoms with Crippen molar-refractivity contribution in [3.05, 3.63) is 23.4 Å². The molecule has 118 valence electrons. The van der Waals surface area contributed by atoms with Crippen molar-refractivity contribution in [3.8, 4) is 11.8 Å². The van der Waals surface area contributed by atoms with Gasteiger partial charge in [0.25, 0.3) is 0 Å². The molecule has 1 aromatic heterocycles. The molecule has 7 nitrogen and oxygen atoms in total. The third-order valence-corrected chi connectivity index (χ3v) is 2.24. The number of carbonyl (C=O) groups is 2. The molecule has 1 aromatic rings. The lowest BCUT2D eigenvalue weighted by molar-refractivity contribution is 0.0533. The maximum absolute atomic E-state index is 11.6. The number of anilines is 1. The average molecular weight is 305 g/mol. The van der Waals surface area contributed by atoms with Crippen molar-refractivity contribution < 1.29 is 19.1 Å². The van der Waals surface area contributed by atoms with Crippen LogP contribution in [0.4, 0.5) is 10.6 Å². The first-order valence-corrected chi connectivity index (χ1v) is 6.53. The van der Waals surface area contributed by atoms with Crippen LogP contribution in [0.3, 0.4) is 0 Å². The smallest absolute Gasteiger partial charge is 0.408 e. The predicted molar refractivity (Wildman–Crippen MR) is 81.1 cm³/mol. The summed E-state index contributed by atoms with van der Waals surface area (Å²) in [6.45, 7) is 5.36. The standard InChI is InChI=1S/C15H19N3O4/c1-15(2,3)22-14(20)17-9-5-6-10-7-8-11(16)18-12(10)13(19)21-4/h7-8H,9H2,1-4H3,(H2,16,18)(H,17,20). The Morgan fingerprint density at radius 1 is 1.36 bits per heavy atom. The zero-order chi connectivity index (χ0) is 16.8. The second-order valence-corrected chi connectivity index (χ2v) is 5.28. The number of hydrogen-bond donors (Lipinski definition) is 2. The van der Waals surface area contributed by atoms with Crippen LogP contribution in [0.1, 0.15) is 36.8 Å². The number of nitrogen functional groups attached to an aromatic ring is 1. The van der Waals surface area contributed by atoms with Crippen LogP contribution in [0.5, 0.6) is 0 Å². The summed E-state index contributed by atoms with van der Waals surface area (Å²) in [5.74, 6) is 5.01. The second-order valence-electron chi connectivity index (χ2n) is 5.28. The molecule has 7 heteroatoms. The van der Waals surface area contributed by atoms with E-state index in [0.717, 1.165) is 0 Å². The van der Waals surface area contributed by atoms with E-state index in [1.165, 1.54) is 13.2 Å². The number of methoxy groups -OCH3 is 1. The molecule has 0 aromatic carbocycles. The summed E-state index contributed by atoms with van der Waals surface area (Å²) >= 11 is 0. The molecule has 1 amide bonds. The van der Waals surface area contributed by atoms with Crippen LogP contribution in [0.2, 0.25) is 0 Å². The molecule has 0 saturated carbocycles. The van der Waals surface area contributed by atoms with E-state index in [1.54, 1.807) is 26.8 Å². The van der Waals surface area contributed by atoms with Crippen LogP contribution in [-0.2, 0) is 9.47 Å². The lowest BCUT2D eigenvalue weighted by Crippen LogP contribution is -2.32. The molecule has 0 bridgehead atoms. The first-order valence-electron chi connectivity index (χ1n) is 6.53. The van der Waals surface area contributed by atoms with Crippen molar-refractivity contribution in [3.63, 3.8) is 0 Å². The van der Waals surface area contributed by atoms with Crippen LogP contribution in [0.25, 0.3) is 0 Å². The first-order chi connectivity index (χ1) is 10.2. The van der Waals surface area contributed by atoms with Crippen LogP contribution in [0.15, 0.2) is 12.1 Å². The topological polar surface area (TPSA) is 104 Å². The van der Waals surface area contributed by atoms with E-state index < -0.39 is 17.7 Å². The third-order valence-electron chi connectivity index (χ3n) is 2.24. The van der Waals surface area contributed by atoms with Crippen molar-refractivity contribution in [1.29, 1.82) is 0 Å². The fourth-order valence-corrected chi connectivity index (χ4v) is 1.40. The lowest BCUT2D eigenvalue weighted by atomic mass is 10.2. The van der Waals surface area contributed by atoms with Crippen molar-refractivity contribution in [2.75, 3.05) is 19.4 Å². The van der Waals surface area contributed by atoms with E-state index in [9.17, 15) is 9.59 Å². The molecule has 0 fully saturated rings. The Labute approximate surface area is 129 Å². The van der Waals surface area contributed by atoms with E-state index in [2.05, 4.69) is 26.9 Å². The molecular weight excluding hydrogens is 286 g/mol. The van der Waals surface area contributed by atoms with E-state index in [-0.39, 0.29) is 18.1 Å². The van der Waals surface area contributed by atoms with Gasteiger partial charge in [0.2, 0.25) is 0 Å². The Kier molecular flexibility index (Phi) is 5.75. The highest BCUT2D eigenvalue weighted by molar-refractivity contribution is 5.90. The molecule has 0 atom stereocenters. The fourth-order valence-electron chi connectivity index (χ4n) is 1.40.